The average Bonchev–Trinajstić information content (AvgIpc) is 3.63. The van der Waals surface area contributed by atoms with Crippen molar-refractivity contribution in [3.05, 3.63) is 144 Å². The van der Waals surface area contributed by atoms with Crippen LogP contribution in [-0.2, 0) is 43.8 Å². The molecule has 0 aromatic heterocycles. The van der Waals surface area contributed by atoms with Gasteiger partial charge in [0.05, 0.1) is 0 Å². The summed E-state index contributed by atoms with van der Waals surface area (Å²) in [6.45, 7) is 13.9. The Labute approximate surface area is 299 Å². The van der Waals surface area contributed by atoms with Gasteiger partial charge in [-0.25, -0.2) is 0 Å². The van der Waals surface area contributed by atoms with Gasteiger partial charge in [0, 0.05) is 0 Å². The van der Waals surface area contributed by atoms with Crippen LogP contribution in [0.1, 0.15) is 81.3 Å². The van der Waals surface area contributed by atoms with E-state index in [-0.39, 0.29) is 35.6 Å². The van der Waals surface area contributed by atoms with E-state index >= 15 is 0 Å². The monoisotopic (exact) mass is 768 g/mol. The normalized spacial score (nSPS) is 14.2. The molecule has 242 valence electrons. The van der Waals surface area contributed by atoms with Crippen molar-refractivity contribution in [1.82, 2.24) is 0 Å². The van der Waals surface area contributed by atoms with Crippen LogP contribution in [0.15, 0.2) is 100 Å². The van der Waals surface area contributed by atoms with Gasteiger partial charge in [0.2, 0.25) is 0 Å². The van der Waals surface area contributed by atoms with Crippen molar-refractivity contribution in [1.29, 1.82) is 0 Å². The Morgan fingerprint density at radius 2 is 1.24 bits per heavy atom. The van der Waals surface area contributed by atoms with Crippen molar-refractivity contribution in [2.24, 2.45) is 0 Å². The number of halogens is 4. The summed E-state index contributed by atoms with van der Waals surface area (Å²) in [6, 6.07) is 29.0. The van der Waals surface area contributed by atoms with E-state index in [9.17, 15) is 0 Å². The molecule has 0 heterocycles. The molecule has 0 atom stereocenters. The molecule has 46 heavy (non-hydrogen) atoms. The van der Waals surface area contributed by atoms with Crippen LogP contribution in [-0.4, -0.2) is 4.21 Å². The summed E-state index contributed by atoms with van der Waals surface area (Å²) in [4.78, 5) is 0. The summed E-state index contributed by atoms with van der Waals surface area (Å²) in [5.41, 5.74) is 10.8. The van der Waals surface area contributed by atoms with Gasteiger partial charge in [-0.3, -0.25) is 0 Å². The Balaban J connectivity index is 0.00000240. The molecule has 0 saturated heterocycles. The summed E-state index contributed by atoms with van der Waals surface area (Å²) in [6.07, 6.45) is 8.80. The number of hydrogen-bond acceptors (Lipinski definition) is 0. The van der Waals surface area contributed by atoms with Crippen LogP contribution in [0.3, 0.4) is 0 Å². The number of fused-ring (bicyclic) bond motifs is 3. The molecule has 6 rings (SSSR count). The minimum absolute atomic E-state index is 0. The van der Waals surface area contributed by atoms with E-state index < -0.39 is 18.3 Å². The molecule has 0 unspecified atom stereocenters. The molecule has 0 radical (unpaired) electrons. The molecule has 0 bridgehead atoms. The topological polar surface area (TPSA) is 0 Å². The third kappa shape index (κ3) is 6.62. The summed E-state index contributed by atoms with van der Waals surface area (Å²) in [5.74, 6) is 0. The average molecular weight is 772 g/mol. The Morgan fingerprint density at radius 3 is 1.74 bits per heavy atom. The van der Waals surface area contributed by atoms with Gasteiger partial charge < -0.3 is 0 Å². The summed E-state index contributed by atoms with van der Waals surface area (Å²) in [5, 5.41) is 1.65. The first-order valence-corrected chi connectivity index (χ1v) is 24.3. The van der Waals surface area contributed by atoms with Crippen LogP contribution in [0.4, 0.5) is 0 Å². The molecular weight excluding hydrogens is 725 g/mol. The fourth-order valence-corrected chi connectivity index (χ4v) is 24.5. The molecule has 0 aliphatic heterocycles. The van der Waals surface area contributed by atoms with Gasteiger partial charge in [-0.1, -0.05) is 0 Å². The van der Waals surface area contributed by atoms with Crippen molar-refractivity contribution in [2.45, 2.75) is 73.5 Å². The molecule has 2 aliphatic carbocycles. The number of hydrogen-bond donors (Lipinski definition) is 0. The van der Waals surface area contributed by atoms with E-state index in [4.69, 9.17) is 27.4 Å². The second-order valence-electron chi connectivity index (χ2n) is 15.4. The first-order chi connectivity index (χ1) is 20.7. The Morgan fingerprint density at radius 1 is 0.696 bits per heavy atom. The van der Waals surface area contributed by atoms with Crippen LogP contribution >= 0.6 is 48.0 Å². The molecule has 0 spiro atoms. The summed E-state index contributed by atoms with van der Waals surface area (Å²) < 4.78 is 10.4. The van der Waals surface area contributed by atoms with Gasteiger partial charge in [-0.05, 0) is 0 Å². The molecular formula is C41H46Cl4Zr. The molecule has 4 aromatic rings. The van der Waals surface area contributed by atoms with Crippen molar-refractivity contribution in [2.75, 3.05) is 0 Å². The Hall–Kier alpha value is -1.73. The van der Waals surface area contributed by atoms with E-state index in [1.807, 2.05) is 24.3 Å². The number of benzene rings is 4. The van der Waals surface area contributed by atoms with Gasteiger partial charge in [0.1, 0.15) is 0 Å². The van der Waals surface area contributed by atoms with Gasteiger partial charge in [-0.2, -0.15) is 0 Å². The second-order valence-corrected chi connectivity index (χ2v) is 30.4. The predicted molar refractivity (Wildman–Crippen MR) is 205 cm³/mol. The van der Waals surface area contributed by atoms with E-state index in [1.165, 1.54) is 51.1 Å². The van der Waals surface area contributed by atoms with Crippen LogP contribution in [0.25, 0.3) is 11.1 Å². The Kier molecular flexibility index (Phi) is 10.7. The molecule has 2 aliphatic rings. The van der Waals surface area contributed by atoms with Crippen molar-refractivity contribution in [3.63, 3.8) is 0 Å². The molecule has 0 N–H and O–H groups in total. The standard InChI is InChI=1S/C21H25.2C7H6Cl.C5H5.CH2.2ClH.Zr/c1-20(2,3)16-9-7-14-11-15-8-10-17(21(4,5)6)13-19(15)18(14)12-16;2*1-6-4-2-3-5-7(6)8;1-2-4-5-3-1;;;;/h7,9-10,12-13H,11H2,1-6H3;2*2-5H,1H2;1-3H,4H2;1H2;2*1H;. The van der Waals surface area contributed by atoms with Crippen LogP contribution in [0.2, 0.25) is 10.0 Å². The summed E-state index contributed by atoms with van der Waals surface area (Å²) in [7, 11) is 0. The van der Waals surface area contributed by atoms with Gasteiger partial charge in [0.25, 0.3) is 0 Å². The molecule has 0 saturated carbocycles. The van der Waals surface area contributed by atoms with E-state index in [2.05, 4.69) is 114 Å². The first-order valence-electron chi connectivity index (χ1n) is 15.9. The molecule has 0 fully saturated rings. The third-order valence-corrected chi connectivity index (χ3v) is 26.6. The van der Waals surface area contributed by atoms with Crippen molar-refractivity contribution < 1.29 is 18.3 Å². The molecule has 0 nitrogen and oxygen atoms in total. The second kappa shape index (κ2) is 13.3. The predicted octanol–water partition coefficient (Wildman–Crippen LogP) is 12.0. The zero-order chi connectivity index (χ0) is 31.5. The Bertz CT molecular complexity index is 1860. The third-order valence-electron chi connectivity index (χ3n) is 10.2. The molecule has 0 amide bonds. The zero-order valence-electron chi connectivity index (χ0n) is 27.8. The minimum atomic E-state index is -4.61. The number of allylic oxidation sites excluding steroid dienone is 4. The quantitative estimate of drug-likeness (QED) is 0.161. The number of rotatable bonds is 6. The van der Waals surface area contributed by atoms with Crippen LogP contribution in [0, 0.1) is 0 Å². The van der Waals surface area contributed by atoms with Gasteiger partial charge in [0.15, 0.2) is 0 Å². The van der Waals surface area contributed by atoms with E-state index in [0.29, 0.717) is 0 Å². The van der Waals surface area contributed by atoms with Crippen LogP contribution < -0.4 is 3.27 Å². The molecule has 5 heteroatoms. The van der Waals surface area contributed by atoms with Gasteiger partial charge in [-0.15, -0.1) is 24.8 Å². The van der Waals surface area contributed by atoms with Crippen molar-refractivity contribution in [3.8, 4) is 11.1 Å². The van der Waals surface area contributed by atoms with E-state index in [1.54, 1.807) is 0 Å². The van der Waals surface area contributed by atoms with Crippen molar-refractivity contribution >= 4 is 55.5 Å². The zero-order valence-corrected chi connectivity index (χ0v) is 33.4. The molecule has 4 aromatic carbocycles. The maximum atomic E-state index is 7.02. The van der Waals surface area contributed by atoms with E-state index in [0.717, 1.165) is 31.1 Å². The fourth-order valence-electron chi connectivity index (χ4n) is 7.55. The summed E-state index contributed by atoms with van der Waals surface area (Å²) >= 11 is 9.43. The van der Waals surface area contributed by atoms with Gasteiger partial charge >= 0.3 is 277 Å². The van der Waals surface area contributed by atoms with Crippen LogP contribution in [0.5, 0.6) is 0 Å². The first kappa shape index (κ1) is 37.1. The maximum absolute atomic E-state index is 7.02. The fraction of sp³-hybridized carbons (Fsp3) is 0.293. The SMILES string of the molecule is Cl.Cl.[CH2]=[Zr]([CH2]c1ccccc1Cl)([CH2]c1ccccc1Cl)([C]1=CC=CC1)[c]1cc(C(C)(C)C)cc2c1Cc1ccc(C(C)(C)C)cc1-2.